The zero-order chi connectivity index (χ0) is 11.6. The molecular formula is C15H22Si. The van der Waals surface area contributed by atoms with Crippen molar-refractivity contribution in [3.63, 3.8) is 0 Å². The van der Waals surface area contributed by atoms with E-state index in [0.717, 1.165) is 9.52 Å². The van der Waals surface area contributed by atoms with Gasteiger partial charge in [-0.05, 0) is 19.8 Å². The number of hydrogen-bond donors (Lipinski definition) is 0. The van der Waals surface area contributed by atoms with Crippen molar-refractivity contribution in [3.05, 3.63) is 41.6 Å². The maximum Gasteiger partial charge on any atom is 0.115 e. The van der Waals surface area contributed by atoms with Crippen molar-refractivity contribution < 1.29 is 0 Å². The van der Waals surface area contributed by atoms with Crippen LogP contribution in [0, 0.1) is 0 Å². The summed E-state index contributed by atoms with van der Waals surface area (Å²) in [5.74, 6) is 0. The molecule has 16 heavy (non-hydrogen) atoms. The molecule has 0 aliphatic carbocycles. The molecule has 1 heteroatoms. The Morgan fingerprint density at radius 1 is 1.12 bits per heavy atom. The molecule has 0 N–H and O–H groups in total. The molecular weight excluding hydrogens is 208 g/mol. The Morgan fingerprint density at radius 2 is 1.88 bits per heavy atom. The van der Waals surface area contributed by atoms with Gasteiger partial charge >= 0.3 is 0 Å². The highest BCUT2D eigenvalue weighted by molar-refractivity contribution is 6.60. The van der Waals surface area contributed by atoms with E-state index < -0.39 is 0 Å². The number of rotatable bonds is 7. The second kappa shape index (κ2) is 8.34. The van der Waals surface area contributed by atoms with Crippen LogP contribution in [0.15, 0.2) is 41.6 Å². The first-order valence-electron chi connectivity index (χ1n) is 6.34. The van der Waals surface area contributed by atoms with E-state index in [-0.39, 0.29) is 0 Å². The van der Waals surface area contributed by atoms with Gasteiger partial charge in [0.15, 0.2) is 0 Å². The summed E-state index contributed by atoms with van der Waals surface area (Å²) in [6.07, 6.45) is 9.03. The fourth-order valence-corrected chi connectivity index (χ4v) is 2.90. The van der Waals surface area contributed by atoms with Crippen LogP contribution in [0.25, 0.3) is 0 Å². The molecule has 0 amide bonds. The number of allylic oxidation sites excluding steroid dienone is 2. The van der Waals surface area contributed by atoms with Crippen LogP contribution in [-0.2, 0) is 0 Å². The number of unbranched alkanes of at least 4 members (excludes halogenated alkanes) is 3. The predicted octanol–water partition coefficient (Wildman–Crippen LogP) is 3.89. The normalized spacial score (nSPS) is 11.8. The number of benzene rings is 1. The van der Waals surface area contributed by atoms with Gasteiger partial charge in [0.05, 0.1) is 0 Å². The molecule has 1 aromatic carbocycles. The highest BCUT2D eigenvalue weighted by Crippen LogP contribution is 2.09. The summed E-state index contributed by atoms with van der Waals surface area (Å²) in [4.78, 5) is 0. The molecule has 1 rings (SSSR count). The summed E-state index contributed by atoms with van der Waals surface area (Å²) in [5, 5.41) is 3.08. The van der Waals surface area contributed by atoms with Crippen molar-refractivity contribution in [2.45, 2.75) is 46.0 Å². The van der Waals surface area contributed by atoms with Gasteiger partial charge in [-0.15, -0.1) is 0 Å². The summed E-state index contributed by atoms with van der Waals surface area (Å²) in [6, 6.07) is 10.8. The van der Waals surface area contributed by atoms with E-state index in [2.05, 4.69) is 50.3 Å². The van der Waals surface area contributed by atoms with E-state index in [1.165, 1.54) is 37.3 Å². The van der Waals surface area contributed by atoms with Crippen LogP contribution >= 0.6 is 0 Å². The van der Waals surface area contributed by atoms with Crippen molar-refractivity contribution in [2.75, 3.05) is 0 Å². The topological polar surface area (TPSA) is 0 Å². The third-order valence-corrected chi connectivity index (χ3v) is 4.21. The van der Waals surface area contributed by atoms with Crippen LogP contribution in [0.2, 0.25) is 0 Å². The SMILES string of the molecule is C/C=C(\CCCCCC)[Si]c1ccccc1. The molecule has 86 valence electrons. The second-order valence-corrected chi connectivity index (χ2v) is 5.59. The first-order valence-corrected chi connectivity index (χ1v) is 7.34. The van der Waals surface area contributed by atoms with Crippen LogP contribution < -0.4 is 5.19 Å². The minimum Gasteiger partial charge on any atom is -0.0924 e. The Balaban J connectivity index is 2.33. The fourth-order valence-electron chi connectivity index (χ4n) is 1.73. The van der Waals surface area contributed by atoms with Gasteiger partial charge in [0, 0.05) is 0 Å². The molecule has 0 aliphatic heterocycles. The van der Waals surface area contributed by atoms with E-state index in [4.69, 9.17) is 0 Å². The summed E-state index contributed by atoms with van der Waals surface area (Å²) in [5.41, 5.74) is 0. The largest absolute Gasteiger partial charge is 0.115 e. The van der Waals surface area contributed by atoms with Crippen molar-refractivity contribution in [2.24, 2.45) is 0 Å². The Morgan fingerprint density at radius 3 is 2.50 bits per heavy atom. The Bertz CT molecular complexity index is 300. The lowest BCUT2D eigenvalue weighted by molar-refractivity contribution is 0.671. The van der Waals surface area contributed by atoms with E-state index in [1.54, 1.807) is 5.20 Å². The molecule has 0 unspecified atom stereocenters. The molecule has 0 aliphatic rings. The van der Waals surface area contributed by atoms with Crippen molar-refractivity contribution in [3.8, 4) is 0 Å². The molecule has 0 saturated carbocycles. The zero-order valence-corrected chi connectivity index (χ0v) is 11.5. The van der Waals surface area contributed by atoms with Crippen LogP contribution in [0.5, 0.6) is 0 Å². The highest BCUT2D eigenvalue weighted by Gasteiger charge is 2.00. The lowest BCUT2D eigenvalue weighted by atomic mass is 10.1. The van der Waals surface area contributed by atoms with Crippen molar-refractivity contribution in [1.29, 1.82) is 0 Å². The van der Waals surface area contributed by atoms with Gasteiger partial charge in [0.25, 0.3) is 0 Å². The second-order valence-electron chi connectivity index (χ2n) is 4.12. The van der Waals surface area contributed by atoms with E-state index >= 15 is 0 Å². The van der Waals surface area contributed by atoms with Gasteiger partial charge in [-0.3, -0.25) is 0 Å². The highest BCUT2D eigenvalue weighted by atomic mass is 28.2. The Hall–Kier alpha value is -0.823. The zero-order valence-electron chi connectivity index (χ0n) is 10.5. The lowest BCUT2D eigenvalue weighted by Gasteiger charge is -2.05. The minimum atomic E-state index is 0.869. The van der Waals surface area contributed by atoms with Gasteiger partial charge in [-0.2, -0.15) is 0 Å². The Kier molecular flexibility index (Phi) is 6.91. The van der Waals surface area contributed by atoms with Crippen LogP contribution in [-0.4, -0.2) is 9.52 Å². The monoisotopic (exact) mass is 230 g/mol. The van der Waals surface area contributed by atoms with Gasteiger partial charge < -0.3 is 0 Å². The Labute approximate surface area is 103 Å². The summed E-state index contributed by atoms with van der Waals surface area (Å²) >= 11 is 0. The average molecular weight is 230 g/mol. The van der Waals surface area contributed by atoms with E-state index in [1.807, 2.05) is 0 Å². The first-order chi connectivity index (χ1) is 7.86. The predicted molar refractivity (Wildman–Crippen MR) is 74.3 cm³/mol. The van der Waals surface area contributed by atoms with Gasteiger partial charge in [0.2, 0.25) is 0 Å². The quantitative estimate of drug-likeness (QED) is 0.492. The van der Waals surface area contributed by atoms with Gasteiger partial charge in [0.1, 0.15) is 9.52 Å². The first kappa shape index (κ1) is 13.2. The fraction of sp³-hybridized carbons (Fsp3) is 0.467. The molecule has 2 radical (unpaired) electrons. The molecule has 0 saturated heterocycles. The maximum atomic E-state index is 2.30. The molecule has 0 nitrogen and oxygen atoms in total. The molecule has 1 aromatic rings. The molecule has 0 aromatic heterocycles. The summed E-state index contributed by atoms with van der Waals surface area (Å²) in [7, 11) is 0.869. The number of hydrogen-bond acceptors (Lipinski definition) is 0. The molecule has 0 bridgehead atoms. The lowest BCUT2D eigenvalue weighted by Crippen LogP contribution is -2.15. The van der Waals surface area contributed by atoms with E-state index in [0.29, 0.717) is 0 Å². The van der Waals surface area contributed by atoms with E-state index in [9.17, 15) is 0 Å². The molecule has 0 fully saturated rings. The molecule has 0 spiro atoms. The van der Waals surface area contributed by atoms with Crippen molar-refractivity contribution >= 4 is 14.7 Å². The van der Waals surface area contributed by atoms with Crippen LogP contribution in [0.4, 0.5) is 0 Å². The summed E-state index contributed by atoms with van der Waals surface area (Å²) in [6.45, 7) is 4.44. The van der Waals surface area contributed by atoms with Gasteiger partial charge in [-0.1, -0.05) is 73.0 Å². The van der Waals surface area contributed by atoms with Crippen LogP contribution in [0.1, 0.15) is 46.0 Å². The smallest absolute Gasteiger partial charge is 0.0924 e. The molecule has 0 heterocycles. The third kappa shape index (κ3) is 5.31. The standard InChI is InChI=1S/C15H22Si/c1-3-5-6-8-11-14(4-2)16-15-12-9-7-10-13-15/h4,7,9-10,12-13H,3,5-6,8,11H2,1-2H3/b14-4+. The van der Waals surface area contributed by atoms with Gasteiger partial charge in [-0.25, -0.2) is 0 Å². The molecule has 0 atom stereocenters. The third-order valence-electron chi connectivity index (χ3n) is 2.73. The average Bonchev–Trinajstić information content (AvgIpc) is 2.34. The van der Waals surface area contributed by atoms with Crippen LogP contribution in [0.3, 0.4) is 0 Å². The summed E-state index contributed by atoms with van der Waals surface area (Å²) < 4.78 is 0. The van der Waals surface area contributed by atoms with Crippen molar-refractivity contribution in [1.82, 2.24) is 0 Å². The minimum absolute atomic E-state index is 0.869. The maximum absolute atomic E-state index is 2.30.